The third kappa shape index (κ3) is 7.17. The van der Waals surface area contributed by atoms with E-state index in [1.54, 1.807) is 17.0 Å². The number of pyridine rings is 1. The summed E-state index contributed by atoms with van der Waals surface area (Å²) in [5, 5.41) is 11.5. The number of carbonyl (C=O) groups is 3. The molecule has 1 aromatic carbocycles. The molecule has 6 N–H and O–H groups in total. The van der Waals surface area contributed by atoms with Crippen molar-refractivity contribution in [2.75, 3.05) is 30.7 Å². The number of likely N-dealkylation sites (tertiary alicyclic amines) is 1. The molecule has 1 fully saturated rings. The Balaban J connectivity index is 1.15. The van der Waals surface area contributed by atoms with Crippen LogP contribution in [-0.4, -0.2) is 74.9 Å². The van der Waals surface area contributed by atoms with Crippen molar-refractivity contribution >= 4 is 47.0 Å². The van der Waals surface area contributed by atoms with Gasteiger partial charge in [-0.1, -0.05) is 41.9 Å². The Hall–Kier alpha value is -4.78. The minimum Gasteiger partial charge on any atom is -0.382 e. The van der Waals surface area contributed by atoms with Gasteiger partial charge in [-0.05, 0) is 44.4 Å². The second-order valence-corrected chi connectivity index (χ2v) is 11.2. The predicted molar refractivity (Wildman–Crippen MR) is 163 cm³/mol. The molecule has 0 unspecified atom stereocenters. The number of aromatic nitrogens is 3. The Morgan fingerprint density at radius 3 is 2.56 bits per heavy atom. The van der Waals surface area contributed by atoms with E-state index in [-0.39, 0.29) is 34.6 Å². The fourth-order valence-electron chi connectivity index (χ4n) is 4.98. The third-order valence-corrected chi connectivity index (χ3v) is 7.51. The smallest absolute Gasteiger partial charge is 0.320 e. The first kappa shape index (κ1) is 29.7. The lowest BCUT2D eigenvalue weighted by atomic mass is 9.88. The van der Waals surface area contributed by atoms with E-state index in [1.807, 2.05) is 44.2 Å². The number of nitrogens with one attached hydrogen (secondary N) is 4. The second kappa shape index (κ2) is 12.6. The van der Waals surface area contributed by atoms with E-state index in [4.69, 9.17) is 17.3 Å². The molecule has 3 aromatic rings. The first-order chi connectivity index (χ1) is 20.6. The zero-order chi connectivity index (χ0) is 30.6. The van der Waals surface area contributed by atoms with Crippen LogP contribution in [-0.2, 0) is 6.42 Å². The van der Waals surface area contributed by atoms with Crippen LogP contribution in [0.3, 0.4) is 0 Å². The molecule has 14 heteroatoms. The van der Waals surface area contributed by atoms with Gasteiger partial charge in [0.1, 0.15) is 5.82 Å². The molecular formula is C29H33ClN10O3. The topological polar surface area (TPSA) is 180 Å². The number of nitrogen functional groups attached to an aromatic ring is 1. The van der Waals surface area contributed by atoms with E-state index >= 15 is 0 Å². The van der Waals surface area contributed by atoms with Crippen LogP contribution in [0.1, 0.15) is 58.8 Å². The van der Waals surface area contributed by atoms with Crippen molar-refractivity contribution < 1.29 is 14.4 Å². The Bertz CT molecular complexity index is 1560. The number of hydrogen-bond donors (Lipinski definition) is 5. The molecule has 4 amide bonds. The highest BCUT2D eigenvalue weighted by atomic mass is 35.5. The molecule has 224 valence electrons. The number of benzene rings is 1. The number of guanidine groups is 1. The molecule has 0 saturated carbocycles. The van der Waals surface area contributed by atoms with E-state index in [1.165, 1.54) is 6.20 Å². The monoisotopic (exact) mass is 604 g/mol. The Kier molecular flexibility index (Phi) is 8.71. The van der Waals surface area contributed by atoms with Crippen molar-refractivity contribution in [3.63, 3.8) is 0 Å². The normalized spacial score (nSPS) is 15.5. The number of nitrogens with zero attached hydrogens (tertiary/aromatic N) is 5. The number of anilines is 2. The highest BCUT2D eigenvalue weighted by molar-refractivity contribution is 6.30. The summed E-state index contributed by atoms with van der Waals surface area (Å²) in [6.45, 7) is 5.11. The SMILES string of the molecule is CC(C)NC(=O)Nc1cc(C(=O)N2CCC3(CC2)CN=C(NC(=O)c2nc(Cl)c(Cc4ccccc4)nc2N)N3)ccn1. The number of urea groups is 1. The van der Waals surface area contributed by atoms with Gasteiger partial charge >= 0.3 is 6.03 Å². The van der Waals surface area contributed by atoms with Crippen molar-refractivity contribution in [1.82, 2.24) is 35.8 Å². The summed E-state index contributed by atoms with van der Waals surface area (Å²) in [4.78, 5) is 57.1. The maximum absolute atomic E-state index is 13.2. The van der Waals surface area contributed by atoms with E-state index in [9.17, 15) is 14.4 Å². The van der Waals surface area contributed by atoms with Crippen LogP contribution >= 0.6 is 11.6 Å². The average Bonchev–Trinajstić information content (AvgIpc) is 3.36. The predicted octanol–water partition coefficient (Wildman–Crippen LogP) is 2.59. The summed E-state index contributed by atoms with van der Waals surface area (Å²) in [6.07, 6.45) is 3.17. The van der Waals surface area contributed by atoms with Crippen molar-refractivity contribution in [2.45, 2.75) is 44.7 Å². The molecule has 4 heterocycles. The van der Waals surface area contributed by atoms with Crippen LogP contribution in [0.4, 0.5) is 16.4 Å². The van der Waals surface area contributed by atoms with Gasteiger partial charge in [0.2, 0.25) is 0 Å². The number of nitrogens with two attached hydrogens (primary N) is 1. The van der Waals surface area contributed by atoms with Crippen LogP contribution in [0, 0.1) is 0 Å². The number of piperidine rings is 1. The van der Waals surface area contributed by atoms with Crippen LogP contribution < -0.4 is 27.0 Å². The van der Waals surface area contributed by atoms with Crippen LogP contribution in [0.5, 0.6) is 0 Å². The van der Waals surface area contributed by atoms with Crippen molar-refractivity contribution in [1.29, 1.82) is 0 Å². The van der Waals surface area contributed by atoms with E-state index in [2.05, 4.69) is 41.2 Å². The van der Waals surface area contributed by atoms with Crippen molar-refractivity contribution in [3.05, 3.63) is 76.3 Å². The minimum absolute atomic E-state index is 0.0250. The van der Waals surface area contributed by atoms with Crippen molar-refractivity contribution in [2.24, 2.45) is 4.99 Å². The third-order valence-electron chi connectivity index (χ3n) is 7.21. The number of carbonyl (C=O) groups excluding carboxylic acids is 3. The number of aliphatic imine (C=N–C) groups is 1. The second-order valence-electron chi connectivity index (χ2n) is 10.9. The van der Waals surface area contributed by atoms with Gasteiger partial charge in [0.05, 0.1) is 17.8 Å². The van der Waals surface area contributed by atoms with Gasteiger partial charge in [-0.2, -0.15) is 0 Å². The lowest BCUT2D eigenvalue weighted by Gasteiger charge is -2.39. The largest absolute Gasteiger partial charge is 0.382 e. The summed E-state index contributed by atoms with van der Waals surface area (Å²) in [7, 11) is 0. The van der Waals surface area contributed by atoms with Gasteiger partial charge in [0.15, 0.2) is 22.6 Å². The van der Waals surface area contributed by atoms with Gasteiger partial charge < -0.3 is 21.3 Å². The maximum Gasteiger partial charge on any atom is 0.320 e. The maximum atomic E-state index is 13.2. The van der Waals surface area contributed by atoms with Crippen LogP contribution in [0.2, 0.25) is 5.15 Å². The molecule has 1 saturated heterocycles. The van der Waals surface area contributed by atoms with Gasteiger partial charge in [0, 0.05) is 37.3 Å². The highest BCUT2D eigenvalue weighted by Gasteiger charge is 2.40. The molecule has 0 atom stereocenters. The summed E-state index contributed by atoms with van der Waals surface area (Å²) < 4.78 is 0. The number of halogens is 1. The molecule has 1 spiro atoms. The zero-order valence-corrected chi connectivity index (χ0v) is 24.6. The molecular weight excluding hydrogens is 572 g/mol. The quantitative estimate of drug-likeness (QED) is 0.285. The molecule has 2 aliphatic rings. The molecule has 2 aliphatic heterocycles. The minimum atomic E-state index is -0.571. The molecule has 0 aliphatic carbocycles. The van der Waals surface area contributed by atoms with Crippen LogP contribution in [0.25, 0.3) is 0 Å². The Morgan fingerprint density at radius 1 is 1.09 bits per heavy atom. The molecule has 13 nitrogen and oxygen atoms in total. The van der Waals surface area contributed by atoms with Crippen LogP contribution in [0.15, 0.2) is 53.7 Å². The van der Waals surface area contributed by atoms with E-state index in [0.29, 0.717) is 61.9 Å². The van der Waals surface area contributed by atoms with E-state index < -0.39 is 11.4 Å². The number of amides is 4. The summed E-state index contributed by atoms with van der Waals surface area (Å²) >= 11 is 6.35. The fourth-order valence-corrected chi connectivity index (χ4v) is 5.17. The molecule has 43 heavy (non-hydrogen) atoms. The average molecular weight is 605 g/mol. The standard InChI is InChI=1S/C29H33ClN10O3/c1-17(2)34-28(43)36-21-15-19(8-11-32-21)26(42)40-12-9-29(10-13-40)16-33-27(39-29)38-25(41)22-24(31)35-20(23(30)37-22)14-18-6-4-3-5-7-18/h3-8,11,15,17H,9-10,12-14,16H2,1-2H3,(H2,31,35)(H2,32,34,36,43)(H2,33,38,39,41). The first-order valence-electron chi connectivity index (χ1n) is 13.9. The van der Waals surface area contributed by atoms with Crippen molar-refractivity contribution in [3.8, 4) is 0 Å². The first-order valence-corrected chi connectivity index (χ1v) is 14.3. The molecule has 0 radical (unpaired) electrons. The molecule has 5 rings (SSSR count). The molecule has 0 bridgehead atoms. The van der Waals surface area contributed by atoms with Gasteiger partial charge in [-0.25, -0.2) is 19.7 Å². The lowest BCUT2D eigenvalue weighted by molar-refractivity contribution is 0.0668. The molecule has 2 aromatic heterocycles. The summed E-state index contributed by atoms with van der Waals surface area (Å²) in [5.41, 5.74) is 7.51. The van der Waals surface area contributed by atoms with Gasteiger partial charge in [-0.3, -0.25) is 25.2 Å². The highest BCUT2D eigenvalue weighted by Crippen LogP contribution is 2.27. The Morgan fingerprint density at radius 2 is 1.84 bits per heavy atom. The summed E-state index contributed by atoms with van der Waals surface area (Å²) in [6, 6.07) is 12.4. The zero-order valence-electron chi connectivity index (χ0n) is 23.9. The summed E-state index contributed by atoms with van der Waals surface area (Å²) in [5.74, 6) is -0.152. The number of hydrogen-bond acceptors (Lipinski definition) is 9. The number of rotatable bonds is 6. The lowest BCUT2D eigenvalue weighted by Crippen LogP contribution is -2.57. The van der Waals surface area contributed by atoms with E-state index in [0.717, 1.165) is 5.56 Å². The van der Waals surface area contributed by atoms with Gasteiger partial charge in [-0.15, -0.1) is 0 Å². The van der Waals surface area contributed by atoms with Gasteiger partial charge in [0.25, 0.3) is 11.8 Å². The fraction of sp³-hybridized carbons (Fsp3) is 0.345. The Labute approximate surface area is 253 Å².